The average Bonchev–Trinajstić information content (AvgIpc) is 2.64. The van der Waals surface area contributed by atoms with Crippen LogP contribution in [0.25, 0.3) is 0 Å². The highest BCUT2D eigenvalue weighted by atomic mass is 16.5. The first-order valence-electron chi connectivity index (χ1n) is 8.68. The molecular weight excluding hydrogens is 352 g/mol. The molecule has 0 heterocycles. The number of nitrogens with one attached hydrogen (secondary N) is 2. The first-order valence-corrected chi connectivity index (χ1v) is 8.68. The zero-order chi connectivity index (χ0) is 20.1. The third kappa shape index (κ3) is 10.0. The fourth-order valence-electron chi connectivity index (χ4n) is 2.24. The van der Waals surface area contributed by atoms with Gasteiger partial charge in [-0.15, -0.1) is 6.58 Å². The molecular formula is C19H26N2O6. The molecule has 0 fully saturated rings. The Morgan fingerprint density at radius 1 is 1.22 bits per heavy atom. The molecule has 1 rings (SSSR count). The zero-order valence-electron chi connectivity index (χ0n) is 15.1. The summed E-state index contributed by atoms with van der Waals surface area (Å²) in [6.45, 7) is 3.46. The maximum absolute atomic E-state index is 11.9. The predicted molar refractivity (Wildman–Crippen MR) is 98.9 cm³/mol. The van der Waals surface area contributed by atoms with Gasteiger partial charge in [0.15, 0.2) is 0 Å². The fraction of sp³-hybridized carbons (Fsp3) is 0.421. The molecule has 27 heavy (non-hydrogen) atoms. The molecule has 0 aliphatic carbocycles. The highest BCUT2D eigenvalue weighted by molar-refractivity contribution is 5.83. The SMILES string of the molecule is C=CCCC[C@H](NC(=O)C[C@H](O)CNC(=O)OCc1ccccc1)C(=O)O. The summed E-state index contributed by atoms with van der Waals surface area (Å²) < 4.78 is 4.99. The monoisotopic (exact) mass is 378 g/mol. The molecule has 0 spiro atoms. The van der Waals surface area contributed by atoms with Crippen molar-refractivity contribution < 1.29 is 29.3 Å². The Balaban J connectivity index is 2.28. The number of carbonyl (C=O) groups excluding carboxylic acids is 2. The summed E-state index contributed by atoms with van der Waals surface area (Å²) in [5.74, 6) is -1.74. The van der Waals surface area contributed by atoms with E-state index >= 15 is 0 Å². The largest absolute Gasteiger partial charge is 0.480 e. The number of carbonyl (C=O) groups is 3. The van der Waals surface area contributed by atoms with Gasteiger partial charge in [0, 0.05) is 6.54 Å². The van der Waals surface area contributed by atoms with Gasteiger partial charge in [-0.25, -0.2) is 9.59 Å². The molecule has 1 aromatic rings. The first-order chi connectivity index (χ1) is 12.9. The minimum absolute atomic E-state index is 0.0915. The summed E-state index contributed by atoms with van der Waals surface area (Å²) in [4.78, 5) is 34.6. The molecule has 148 valence electrons. The number of carboxylic acid groups (broad SMARTS) is 1. The summed E-state index contributed by atoms with van der Waals surface area (Å²) in [7, 11) is 0. The first kappa shape index (κ1) is 22.2. The lowest BCUT2D eigenvalue weighted by molar-refractivity contribution is -0.142. The van der Waals surface area contributed by atoms with E-state index in [1.807, 2.05) is 18.2 Å². The van der Waals surface area contributed by atoms with Gasteiger partial charge >= 0.3 is 12.1 Å². The molecule has 0 unspecified atom stereocenters. The molecule has 8 heteroatoms. The summed E-state index contributed by atoms with van der Waals surface area (Å²) in [6, 6.07) is 8.08. The molecule has 2 atom stereocenters. The molecule has 2 amide bonds. The number of amides is 2. The van der Waals surface area contributed by atoms with Gasteiger partial charge in [0.1, 0.15) is 12.6 Å². The van der Waals surface area contributed by atoms with Gasteiger partial charge in [0.2, 0.25) is 5.91 Å². The number of unbranched alkanes of at least 4 members (excludes halogenated alkanes) is 1. The van der Waals surface area contributed by atoms with Crippen LogP contribution in [-0.2, 0) is 20.9 Å². The highest BCUT2D eigenvalue weighted by Crippen LogP contribution is 2.03. The standard InChI is InChI=1S/C19H26N2O6/c1-2-3-5-10-16(18(24)25)21-17(23)11-15(22)12-20-19(26)27-13-14-8-6-4-7-9-14/h2,4,6-9,15-16,22H,1,3,5,10-13H2,(H,20,26)(H,21,23)(H,24,25)/t15-,16-/m0/s1. The smallest absolute Gasteiger partial charge is 0.407 e. The van der Waals surface area contributed by atoms with Crippen LogP contribution in [0, 0.1) is 0 Å². The van der Waals surface area contributed by atoms with E-state index in [0.717, 1.165) is 5.56 Å². The van der Waals surface area contributed by atoms with Gasteiger partial charge in [-0.1, -0.05) is 36.4 Å². The maximum Gasteiger partial charge on any atom is 0.407 e. The fourth-order valence-corrected chi connectivity index (χ4v) is 2.24. The van der Waals surface area contributed by atoms with Crippen LogP contribution in [0.2, 0.25) is 0 Å². The van der Waals surface area contributed by atoms with Crippen molar-refractivity contribution in [2.45, 2.75) is 44.4 Å². The highest BCUT2D eigenvalue weighted by Gasteiger charge is 2.21. The average molecular weight is 378 g/mol. The number of aliphatic carboxylic acids is 1. The second kappa shape index (κ2) is 12.5. The predicted octanol–water partition coefficient (Wildman–Crippen LogP) is 1.59. The van der Waals surface area contributed by atoms with Gasteiger partial charge in [-0.2, -0.15) is 0 Å². The molecule has 8 nitrogen and oxygen atoms in total. The summed E-state index contributed by atoms with van der Waals surface area (Å²) >= 11 is 0. The summed E-state index contributed by atoms with van der Waals surface area (Å²) in [6.07, 6.45) is 0.975. The second-order valence-corrected chi connectivity index (χ2v) is 5.98. The van der Waals surface area contributed by atoms with Crippen molar-refractivity contribution in [3.05, 3.63) is 48.6 Å². The van der Waals surface area contributed by atoms with Crippen LogP contribution in [-0.4, -0.2) is 46.9 Å². The molecule has 0 radical (unpaired) electrons. The number of hydrogen-bond acceptors (Lipinski definition) is 5. The normalized spacial score (nSPS) is 12.5. The van der Waals surface area contributed by atoms with Crippen molar-refractivity contribution in [3.8, 4) is 0 Å². The summed E-state index contributed by atoms with van der Waals surface area (Å²) in [5.41, 5.74) is 0.823. The number of aliphatic hydroxyl groups is 1. The number of benzene rings is 1. The van der Waals surface area contributed by atoms with Crippen molar-refractivity contribution in [2.75, 3.05) is 6.54 Å². The van der Waals surface area contributed by atoms with Gasteiger partial charge in [-0.05, 0) is 24.8 Å². The molecule has 0 aliphatic rings. The van der Waals surface area contributed by atoms with E-state index in [2.05, 4.69) is 17.2 Å². The van der Waals surface area contributed by atoms with E-state index in [4.69, 9.17) is 9.84 Å². The Morgan fingerprint density at radius 2 is 1.93 bits per heavy atom. The van der Waals surface area contributed by atoms with Crippen molar-refractivity contribution in [3.63, 3.8) is 0 Å². The topological polar surface area (TPSA) is 125 Å². The van der Waals surface area contributed by atoms with Crippen molar-refractivity contribution in [1.82, 2.24) is 10.6 Å². The van der Waals surface area contributed by atoms with Crippen LogP contribution in [0.4, 0.5) is 4.79 Å². The number of carboxylic acids is 1. The number of alkyl carbamates (subject to hydrolysis) is 1. The number of hydrogen-bond donors (Lipinski definition) is 4. The van der Waals surface area contributed by atoms with E-state index in [0.29, 0.717) is 12.8 Å². The molecule has 0 aromatic heterocycles. The van der Waals surface area contributed by atoms with Gasteiger partial charge in [0.05, 0.1) is 12.5 Å². The van der Waals surface area contributed by atoms with E-state index in [-0.39, 0.29) is 26.0 Å². The maximum atomic E-state index is 11.9. The van der Waals surface area contributed by atoms with E-state index in [9.17, 15) is 19.5 Å². The third-order valence-electron chi connectivity index (χ3n) is 3.65. The van der Waals surface area contributed by atoms with Crippen LogP contribution in [0.5, 0.6) is 0 Å². The molecule has 1 aromatic carbocycles. The number of allylic oxidation sites excluding steroid dienone is 1. The molecule has 0 aliphatic heterocycles. The second-order valence-electron chi connectivity index (χ2n) is 5.98. The number of rotatable bonds is 12. The van der Waals surface area contributed by atoms with Crippen molar-refractivity contribution >= 4 is 18.0 Å². The van der Waals surface area contributed by atoms with Crippen LogP contribution >= 0.6 is 0 Å². The molecule has 0 saturated carbocycles. The Labute approximate surface area is 158 Å². The van der Waals surface area contributed by atoms with E-state index in [1.165, 1.54) is 0 Å². The third-order valence-corrected chi connectivity index (χ3v) is 3.65. The van der Waals surface area contributed by atoms with Crippen LogP contribution in [0.1, 0.15) is 31.2 Å². The lowest BCUT2D eigenvalue weighted by atomic mass is 10.1. The van der Waals surface area contributed by atoms with Crippen LogP contribution in [0.15, 0.2) is 43.0 Å². The van der Waals surface area contributed by atoms with Crippen molar-refractivity contribution in [2.24, 2.45) is 0 Å². The van der Waals surface area contributed by atoms with Gasteiger partial charge < -0.3 is 25.6 Å². The zero-order valence-corrected chi connectivity index (χ0v) is 15.1. The van der Waals surface area contributed by atoms with Gasteiger partial charge in [-0.3, -0.25) is 4.79 Å². The Bertz CT molecular complexity index is 620. The van der Waals surface area contributed by atoms with Gasteiger partial charge in [0.25, 0.3) is 0 Å². The Hall–Kier alpha value is -2.87. The van der Waals surface area contributed by atoms with Crippen molar-refractivity contribution in [1.29, 1.82) is 0 Å². The lowest BCUT2D eigenvalue weighted by Gasteiger charge is -2.16. The van der Waals surface area contributed by atoms with E-state index in [1.54, 1.807) is 18.2 Å². The Kier molecular flexibility index (Phi) is 10.2. The molecule has 4 N–H and O–H groups in total. The minimum Gasteiger partial charge on any atom is -0.480 e. The molecule has 0 bridgehead atoms. The quantitative estimate of drug-likeness (QED) is 0.323. The number of aliphatic hydroxyl groups excluding tert-OH is 1. The summed E-state index contributed by atoms with van der Waals surface area (Å²) in [5, 5.41) is 23.7. The van der Waals surface area contributed by atoms with Crippen LogP contribution in [0.3, 0.4) is 0 Å². The lowest BCUT2D eigenvalue weighted by Crippen LogP contribution is -2.43. The minimum atomic E-state index is -1.16. The number of ether oxygens (including phenoxy) is 1. The van der Waals surface area contributed by atoms with E-state index < -0.39 is 30.1 Å². The molecule has 0 saturated heterocycles. The van der Waals surface area contributed by atoms with Crippen LogP contribution < -0.4 is 10.6 Å². The Morgan fingerprint density at radius 3 is 2.56 bits per heavy atom.